The first-order valence-electron chi connectivity index (χ1n) is 5.91. The molecule has 0 amide bonds. The molecule has 0 aliphatic rings. The first-order valence-corrected chi connectivity index (χ1v) is 6.72. The van der Waals surface area contributed by atoms with Crippen molar-refractivity contribution in [3.05, 3.63) is 51.8 Å². The minimum Gasteiger partial charge on any atom is -0.398 e. The van der Waals surface area contributed by atoms with Crippen molar-refractivity contribution in [1.82, 2.24) is 4.57 Å². The summed E-state index contributed by atoms with van der Waals surface area (Å²) in [7, 11) is 1.56. The van der Waals surface area contributed by atoms with E-state index in [-0.39, 0.29) is 11.6 Å². The Morgan fingerprint density at radius 1 is 1.60 bits per heavy atom. The van der Waals surface area contributed by atoms with Crippen LogP contribution in [0.2, 0.25) is 0 Å². The Balaban J connectivity index is 2.50. The fourth-order valence-corrected chi connectivity index (χ4v) is 2.79. The monoisotopic (exact) mass is 290 g/mol. The highest BCUT2D eigenvalue weighted by molar-refractivity contribution is 7.16. The van der Waals surface area contributed by atoms with Crippen LogP contribution in [0.4, 0.5) is 0 Å². The number of fused-ring (bicyclic) bond motifs is 1. The van der Waals surface area contributed by atoms with Crippen LogP contribution in [0.5, 0.6) is 0 Å². The molecule has 4 N–H and O–H groups in total. The number of ether oxygens (including phenoxy) is 1. The molecule has 2 aromatic rings. The summed E-state index contributed by atoms with van der Waals surface area (Å²) in [5.41, 5.74) is 8.72. The quantitative estimate of drug-likeness (QED) is 0.616. The van der Waals surface area contributed by atoms with E-state index in [0.29, 0.717) is 11.3 Å². The Kier molecular flexibility index (Phi) is 4.16. The van der Waals surface area contributed by atoms with Crippen molar-refractivity contribution in [1.29, 1.82) is 0 Å². The third-order valence-corrected chi connectivity index (χ3v) is 3.84. The van der Waals surface area contributed by atoms with Crippen LogP contribution in [-0.4, -0.2) is 17.9 Å². The zero-order valence-corrected chi connectivity index (χ0v) is 11.9. The molecule has 0 saturated carbocycles. The smallest absolute Gasteiger partial charge is 0.310 e. The normalized spacial score (nSPS) is 11.8. The zero-order valence-electron chi connectivity index (χ0n) is 11.1. The van der Waals surface area contributed by atoms with Crippen LogP contribution in [0.15, 0.2) is 41.3 Å². The Bertz CT molecular complexity index is 755. The molecule has 0 spiro atoms. The van der Waals surface area contributed by atoms with E-state index in [0.717, 1.165) is 15.8 Å². The SMILES string of the molecule is C=C(C(N)=CC=[NH2+])c1ccc2c(c1)sc(=O)n2COC. The van der Waals surface area contributed by atoms with Gasteiger partial charge in [-0.1, -0.05) is 24.0 Å². The molecular formula is C14H16N3O2S+. The van der Waals surface area contributed by atoms with Crippen molar-refractivity contribution >= 4 is 33.3 Å². The minimum atomic E-state index is -0.0524. The molecular weight excluding hydrogens is 274 g/mol. The van der Waals surface area contributed by atoms with Crippen molar-refractivity contribution in [3.8, 4) is 0 Å². The van der Waals surface area contributed by atoms with Gasteiger partial charge in [0.15, 0.2) is 6.21 Å². The van der Waals surface area contributed by atoms with Gasteiger partial charge in [-0.3, -0.25) is 14.8 Å². The van der Waals surface area contributed by atoms with E-state index >= 15 is 0 Å². The van der Waals surface area contributed by atoms with Gasteiger partial charge in [-0.25, -0.2) is 0 Å². The summed E-state index contributed by atoms with van der Waals surface area (Å²) >= 11 is 1.17. The summed E-state index contributed by atoms with van der Waals surface area (Å²) in [5.74, 6) is 0. The fraction of sp³-hybridized carbons (Fsp3) is 0.143. The lowest BCUT2D eigenvalue weighted by molar-refractivity contribution is -0.104. The number of hydrogen-bond acceptors (Lipinski definition) is 4. The molecule has 6 heteroatoms. The molecule has 0 aliphatic heterocycles. The van der Waals surface area contributed by atoms with Crippen LogP contribution < -0.4 is 16.0 Å². The van der Waals surface area contributed by atoms with Gasteiger partial charge in [-0.15, -0.1) is 0 Å². The van der Waals surface area contributed by atoms with Crippen molar-refractivity contribution in [2.24, 2.45) is 5.73 Å². The summed E-state index contributed by atoms with van der Waals surface area (Å²) in [5, 5.41) is 5.31. The molecule has 5 nitrogen and oxygen atoms in total. The molecule has 0 radical (unpaired) electrons. The first kappa shape index (κ1) is 14.2. The topological polar surface area (TPSA) is 82.8 Å². The second-order valence-corrected chi connectivity index (χ2v) is 5.18. The molecule has 0 aliphatic carbocycles. The number of hydrogen-bond donors (Lipinski definition) is 2. The van der Waals surface area contributed by atoms with Crippen LogP contribution >= 0.6 is 11.3 Å². The highest BCUT2D eigenvalue weighted by Crippen LogP contribution is 2.24. The number of thiazole rings is 1. The highest BCUT2D eigenvalue weighted by Gasteiger charge is 2.09. The Labute approximate surface area is 120 Å². The van der Waals surface area contributed by atoms with Crippen molar-refractivity contribution < 1.29 is 10.1 Å². The number of methoxy groups -OCH3 is 1. The van der Waals surface area contributed by atoms with Crippen LogP contribution in [0, 0.1) is 0 Å². The first-order chi connectivity index (χ1) is 9.58. The highest BCUT2D eigenvalue weighted by atomic mass is 32.1. The van der Waals surface area contributed by atoms with E-state index in [1.807, 2.05) is 18.2 Å². The van der Waals surface area contributed by atoms with Gasteiger partial charge in [0.1, 0.15) is 6.73 Å². The van der Waals surface area contributed by atoms with Gasteiger partial charge in [-0.2, -0.15) is 0 Å². The minimum absolute atomic E-state index is 0.0524. The van der Waals surface area contributed by atoms with Gasteiger partial charge in [0.2, 0.25) is 0 Å². The number of nitrogens with zero attached hydrogens (tertiary/aromatic N) is 1. The van der Waals surface area contributed by atoms with Crippen LogP contribution in [-0.2, 0) is 11.5 Å². The van der Waals surface area contributed by atoms with E-state index in [4.69, 9.17) is 15.9 Å². The summed E-state index contributed by atoms with van der Waals surface area (Å²) in [6.07, 6.45) is 2.96. The molecule has 0 atom stereocenters. The molecule has 104 valence electrons. The van der Waals surface area contributed by atoms with Gasteiger partial charge in [0, 0.05) is 18.9 Å². The van der Waals surface area contributed by atoms with E-state index in [9.17, 15) is 4.79 Å². The summed E-state index contributed by atoms with van der Waals surface area (Å²) in [6, 6.07) is 5.64. The van der Waals surface area contributed by atoms with Crippen LogP contribution in [0.3, 0.4) is 0 Å². The lowest BCUT2D eigenvalue weighted by Gasteiger charge is -2.06. The molecule has 0 unspecified atom stereocenters. The van der Waals surface area contributed by atoms with Crippen LogP contribution in [0.25, 0.3) is 15.8 Å². The van der Waals surface area contributed by atoms with Crippen molar-refractivity contribution in [2.75, 3.05) is 7.11 Å². The molecule has 0 bridgehead atoms. The Hall–Kier alpha value is -2.18. The van der Waals surface area contributed by atoms with Gasteiger partial charge in [0.05, 0.1) is 10.2 Å². The standard InChI is InChI=1S/C14H15N3O2S/c1-9(11(16)5-6-15)10-3-4-12-13(7-10)20-14(18)17(12)8-19-2/h3-7,15H,1,8,16H2,2H3/p+1. The lowest BCUT2D eigenvalue weighted by Crippen LogP contribution is -2.28. The third kappa shape index (κ3) is 2.56. The average molecular weight is 290 g/mol. The Morgan fingerprint density at radius 2 is 2.35 bits per heavy atom. The molecule has 20 heavy (non-hydrogen) atoms. The van der Waals surface area contributed by atoms with E-state index in [1.165, 1.54) is 17.6 Å². The predicted octanol–water partition coefficient (Wildman–Crippen LogP) is 0.353. The van der Waals surface area contributed by atoms with Gasteiger partial charge >= 0.3 is 4.87 Å². The molecule has 1 aromatic heterocycles. The van der Waals surface area contributed by atoms with E-state index in [1.54, 1.807) is 17.8 Å². The Morgan fingerprint density at radius 3 is 3.00 bits per heavy atom. The van der Waals surface area contributed by atoms with E-state index in [2.05, 4.69) is 6.58 Å². The zero-order chi connectivity index (χ0) is 14.7. The van der Waals surface area contributed by atoms with Crippen LogP contribution in [0.1, 0.15) is 5.56 Å². The van der Waals surface area contributed by atoms with Crippen molar-refractivity contribution in [3.63, 3.8) is 0 Å². The predicted molar refractivity (Wildman–Crippen MR) is 82.4 cm³/mol. The summed E-state index contributed by atoms with van der Waals surface area (Å²) in [4.78, 5) is 11.8. The number of aromatic nitrogens is 1. The number of rotatable bonds is 5. The van der Waals surface area contributed by atoms with Crippen molar-refractivity contribution in [2.45, 2.75) is 6.73 Å². The van der Waals surface area contributed by atoms with E-state index < -0.39 is 0 Å². The lowest BCUT2D eigenvalue weighted by atomic mass is 10.0. The second-order valence-electron chi connectivity index (χ2n) is 4.19. The molecule has 1 heterocycles. The second kappa shape index (κ2) is 5.85. The molecule has 2 rings (SSSR count). The summed E-state index contributed by atoms with van der Waals surface area (Å²) < 4.78 is 7.48. The average Bonchev–Trinajstić information content (AvgIpc) is 2.74. The maximum Gasteiger partial charge on any atom is 0.310 e. The number of allylic oxidation sites excluding steroid dienone is 2. The maximum absolute atomic E-state index is 11.9. The number of benzene rings is 1. The van der Waals surface area contributed by atoms with Gasteiger partial charge < -0.3 is 10.5 Å². The largest absolute Gasteiger partial charge is 0.398 e. The number of nitrogens with two attached hydrogens (primary N) is 2. The summed E-state index contributed by atoms with van der Waals surface area (Å²) in [6.45, 7) is 4.18. The molecule has 0 saturated heterocycles. The maximum atomic E-state index is 11.9. The van der Waals surface area contributed by atoms with Gasteiger partial charge in [-0.05, 0) is 23.3 Å². The van der Waals surface area contributed by atoms with Gasteiger partial charge in [0.25, 0.3) is 0 Å². The third-order valence-electron chi connectivity index (χ3n) is 2.90. The fourth-order valence-electron chi connectivity index (χ4n) is 1.88. The molecule has 0 fully saturated rings. The molecule has 1 aromatic carbocycles.